The molecule has 1 atom stereocenters. The first-order valence-electron chi connectivity index (χ1n) is 7.53. The molecule has 24 heavy (non-hydrogen) atoms. The van der Waals surface area contributed by atoms with E-state index < -0.39 is 0 Å². The maximum atomic E-state index is 13.1. The summed E-state index contributed by atoms with van der Waals surface area (Å²) in [6.45, 7) is 2.04. The van der Waals surface area contributed by atoms with Gasteiger partial charge in [-0.1, -0.05) is 23.4 Å². The molecular formula is C18H17ClN2O2S. The molecule has 0 spiro atoms. The average molecular weight is 361 g/mol. The van der Waals surface area contributed by atoms with Gasteiger partial charge in [0.25, 0.3) is 5.91 Å². The zero-order chi connectivity index (χ0) is 17.1. The molecule has 0 bridgehead atoms. The highest BCUT2D eigenvalue weighted by atomic mass is 35.5. The van der Waals surface area contributed by atoms with Crippen LogP contribution in [0.5, 0.6) is 5.75 Å². The number of benzene rings is 2. The number of carbonyl (C=O) groups is 1. The Morgan fingerprint density at radius 2 is 1.88 bits per heavy atom. The summed E-state index contributed by atoms with van der Waals surface area (Å²) in [6, 6.07) is 14.5. The predicted octanol–water partition coefficient (Wildman–Crippen LogP) is 4.49. The highest BCUT2D eigenvalue weighted by molar-refractivity contribution is 8.14. The molecule has 2 aromatic rings. The summed E-state index contributed by atoms with van der Waals surface area (Å²) >= 11 is 7.56. The highest BCUT2D eigenvalue weighted by Crippen LogP contribution is 2.28. The average Bonchev–Trinajstić information content (AvgIpc) is 3.03. The fourth-order valence-electron chi connectivity index (χ4n) is 2.35. The van der Waals surface area contributed by atoms with Crippen molar-refractivity contribution in [3.05, 3.63) is 59.1 Å². The first-order valence-corrected chi connectivity index (χ1v) is 8.89. The van der Waals surface area contributed by atoms with E-state index in [2.05, 4.69) is 4.99 Å². The van der Waals surface area contributed by atoms with Gasteiger partial charge in [-0.05, 0) is 55.5 Å². The van der Waals surface area contributed by atoms with Crippen LogP contribution in [0, 0.1) is 0 Å². The van der Waals surface area contributed by atoms with E-state index in [-0.39, 0.29) is 11.9 Å². The summed E-state index contributed by atoms with van der Waals surface area (Å²) < 4.78 is 5.15. The number of amides is 1. The second-order valence-electron chi connectivity index (χ2n) is 5.42. The van der Waals surface area contributed by atoms with Crippen molar-refractivity contribution in [3.63, 3.8) is 0 Å². The van der Waals surface area contributed by atoms with Crippen LogP contribution in [0.25, 0.3) is 0 Å². The molecule has 0 radical (unpaired) electrons. The number of rotatable bonds is 3. The number of aliphatic imine (C=N–C) groups is 1. The van der Waals surface area contributed by atoms with Gasteiger partial charge < -0.3 is 4.74 Å². The van der Waals surface area contributed by atoms with Crippen LogP contribution in [0.2, 0.25) is 5.02 Å². The second kappa shape index (κ2) is 7.28. The predicted molar refractivity (Wildman–Crippen MR) is 101 cm³/mol. The first kappa shape index (κ1) is 16.9. The van der Waals surface area contributed by atoms with Gasteiger partial charge in [0.05, 0.1) is 18.8 Å². The number of halogens is 1. The molecule has 6 heteroatoms. The van der Waals surface area contributed by atoms with Gasteiger partial charge >= 0.3 is 0 Å². The van der Waals surface area contributed by atoms with E-state index in [1.54, 1.807) is 60.2 Å². The minimum Gasteiger partial charge on any atom is -0.497 e. The molecule has 1 heterocycles. The van der Waals surface area contributed by atoms with Crippen LogP contribution in [-0.2, 0) is 0 Å². The Kier molecular flexibility index (Phi) is 5.11. The highest BCUT2D eigenvalue weighted by Gasteiger charge is 2.27. The molecule has 4 nitrogen and oxygen atoms in total. The van der Waals surface area contributed by atoms with Crippen molar-refractivity contribution in [1.82, 2.24) is 0 Å². The van der Waals surface area contributed by atoms with E-state index in [0.29, 0.717) is 21.5 Å². The zero-order valence-corrected chi connectivity index (χ0v) is 15.0. The Bertz CT molecular complexity index is 760. The maximum absolute atomic E-state index is 13.1. The van der Waals surface area contributed by atoms with E-state index in [1.807, 2.05) is 19.1 Å². The van der Waals surface area contributed by atoms with E-state index in [9.17, 15) is 4.79 Å². The van der Waals surface area contributed by atoms with Crippen LogP contribution >= 0.6 is 23.4 Å². The molecule has 0 saturated heterocycles. The van der Waals surface area contributed by atoms with E-state index in [1.165, 1.54) is 0 Å². The number of ether oxygens (including phenoxy) is 1. The number of anilines is 1. The lowest BCUT2D eigenvalue weighted by Crippen LogP contribution is -2.34. The van der Waals surface area contributed by atoms with Crippen molar-refractivity contribution in [1.29, 1.82) is 0 Å². The molecule has 3 rings (SSSR count). The van der Waals surface area contributed by atoms with Gasteiger partial charge in [0.2, 0.25) is 0 Å². The Labute approximate surface area is 150 Å². The monoisotopic (exact) mass is 360 g/mol. The van der Waals surface area contributed by atoms with Crippen LogP contribution in [0.15, 0.2) is 53.5 Å². The largest absolute Gasteiger partial charge is 0.497 e. The summed E-state index contributed by atoms with van der Waals surface area (Å²) in [6.07, 6.45) is 0. The number of carbonyl (C=O) groups excluding carboxylic acids is 1. The SMILES string of the molecule is COc1ccc(C(=O)N(C2=N[C@H](C)CS2)c2ccc(Cl)cc2)cc1. The third-order valence-corrected chi connectivity index (χ3v) is 5.05. The van der Waals surface area contributed by atoms with Crippen molar-refractivity contribution < 1.29 is 9.53 Å². The number of nitrogens with zero attached hydrogens (tertiary/aromatic N) is 2. The number of hydrogen-bond donors (Lipinski definition) is 0. The summed E-state index contributed by atoms with van der Waals surface area (Å²) in [7, 11) is 1.60. The molecule has 0 aliphatic carbocycles. The molecule has 0 aromatic heterocycles. The third-order valence-electron chi connectivity index (χ3n) is 3.60. The van der Waals surface area contributed by atoms with E-state index >= 15 is 0 Å². The Balaban J connectivity index is 1.98. The van der Waals surface area contributed by atoms with Crippen LogP contribution in [-0.4, -0.2) is 30.0 Å². The number of thioether (sulfide) groups is 1. The second-order valence-corrected chi connectivity index (χ2v) is 6.84. The summed E-state index contributed by atoms with van der Waals surface area (Å²) in [4.78, 5) is 19.3. The lowest BCUT2D eigenvalue weighted by atomic mass is 10.2. The van der Waals surface area contributed by atoms with Crippen LogP contribution in [0.4, 0.5) is 5.69 Å². The smallest absolute Gasteiger partial charge is 0.264 e. The van der Waals surface area contributed by atoms with Crippen molar-refractivity contribution in [3.8, 4) is 5.75 Å². The van der Waals surface area contributed by atoms with Gasteiger partial charge in [-0.25, -0.2) is 0 Å². The molecule has 0 fully saturated rings. The lowest BCUT2D eigenvalue weighted by Gasteiger charge is -2.22. The quantitative estimate of drug-likeness (QED) is 0.810. The normalized spacial score (nSPS) is 16.6. The molecule has 0 unspecified atom stereocenters. The topological polar surface area (TPSA) is 41.9 Å². The van der Waals surface area contributed by atoms with Gasteiger partial charge in [-0.15, -0.1) is 0 Å². The number of methoxy groups -OCH3 is 1. The van der Waals surface area contributed by atoms with Crippen molar-refractivity contribution in [2.45, 2.75) is 13.0 Å². The van der Waals surface area contributed by atoms with Crippen LogP contribution < -0.4 is 9.64 Å². The first-order chi connectivity index (χ1) is 11.6. The summed E-state index contributed by atoms with van der Waals surface area (Å²) in [5, 5.41) is 1.34. The fourth-order valence-corrected chi connectivity index (χ4v) is 3.51. The van der Waals surface area contributed by atoms with E-state index in [4.69, 9.17) is 16.3 Å². The van der Waals surface area contributed by atoms with Gasteiger partial charge in [-0.2, -0.15) is 0 Å². The Morgan fingerprint density at radius 3 is 2.42 bits per heavy atom. The molecule has 1 aliphatic heterocycles. The molecule has 1 amide bonds. The van der Waals surface area contributed by atoms with Crippen molar-refractivity contribution in [2.24, 2.45) is 4.99 Å². The Hall–Kier alpha value is -1.98. The standard InChI is InChI=1S/C18H17ClN2O2S/c1-12-11-24-18(20-12)21(15-7-5-14(19)6-8-15)17(22)13-3-9-16(23-2)10-4-13/h3-10,12H,11H2,1-2H3/t12-/m1/s1. The molecular weight excluding hydrogens is 344 g/mol. The fraction of sp³-hybridized carbons (Fsp3) is 0.222. The summed E-state index contributed by atoms with van der Waals surface area (Å²) in [5.41, 5.74) is 1.33. The zero-order valence-electron chi connectivity index (χ0n) is 13.4. The lowest BCUT2D eigenvalue weighted by molar-refractivity contribution is 0.100. The Morgan fingerprint density at radius 1 is 1.21 bits per heavy atom. The van der Waals surface area contributed by atoms with Gasteiger partial charge in [0.15, 0.2) is 5.17 Å². The third kappa shape index (κ3) is 3.57. The number of amidine groups is 1. The van der Waals surface area contributed by atoms with Crippen LogP contribution in [0.1, 0.15) is 17.3 Å². The van der Waals surface area contributed by atoms with Crippen LogP contribution in [0.3, 0.4) is 0 Å². The van der Waals surface area contributed by atoms with Crippen molar-refractivity contribution >= 4 is 40.1 Å². The number of hydrogen-bond acceptors (Lipinski definition) is 4. The summed E-state index contributed by atoms with van der Waals surface area (Å²) in [5.74, 6) is 1.46. The molecule has 0 N–H and O–H groups in total. The van der Waals surface area contributed by atoms with E-state index in [0.717, 1.165) is 11.4 Å². The molecule has 124 valence electrons. The molecule has 2 aromatic carbocycles. The minimum absolute atomic E-state index is 0.125. The molecule has 1 aliphatic rings. The molecule has 0 saturated carbocycles. The maximum Gasteiger partial charge on any atom is 0.264 e. The van der Waals surface area contributed by atoms with Gasteiger partial charge in [-0.3, -0.25) is 14.7 Å². The van der Waals surface area contributed by atoms with Crippen molar-refractivity contribution in [2.75, 3.05) is 17.8 Å². The minimum atomic E-state index is -0.125. The van der Waals surface area contributed by atoms with Gasteiger partial charge in [0, 0.05) is 16.3 Å². The van der Waals surface area contributed by atoms with Gasteiger partial charge in [0.1, 0.15) is 5.75 Å².